The third kappa shape index (κ3) is 6.78. The highest BCUT2D eigenvalue weighted by molar-refractivity contribution is 5.85. The van der Waals surface area contributed by atoms with Gasteiger partial charge in [0.1, 0.15) is 5.54 Å². The fourth-order valence-electron chi connectivity index (χ4n) is 2.28. The average molecular weight is 286 g/mol. The summed E-state index contributed by atoms with van der Waals surface area (Å²) in [4.78, 5) is 23.3. The molecule has 0 rings (SSSR count). The SMILES string of the molecule is CCCCC(CCC)NC(=O)NC(C)(CCC)C(=O)O. The molecular weight excluding hydrogens is 256 g/mol. The van der Waals surface area contributed by atoms with Gasteiger partial charge in [-0.2, -0.15) is 0 Å². The number of aliphatic carboxylic acids is 1. The summed E-state index contributed by atoms with van der Waals surface area (Å²) in [7, 11) is 0. The molecule has 2 amide bonds. The number of carbonyl (C=O) groups excluding carboxylic acids is 1. The highest BCUT2D eigenvalue weighted by Gasteiger charge is 2.34. The first kappa shape index (κ1) is 18.7. The minimum Gasteiger partial charge on any atom is -0.480 e. The van der Waals surface area contributed by atoms with Gasteiger partial charge in [-0.05, 0) is 26.2 Å². The van der Waals surface area contributed by atoms with Crippen molar-refractivity contribution in [2.24, 2.45) is 0 Å². The molecule has 0 spiro atoms. The molecule has 3 N–H and O–H groups in total. The van der Waals surface area contributed by atoms with Gasteiger partial charge in [0, 0.05) is 6.04 Å². The van der Waals surface area contributed by atoms with E-state index >= 15 is 0 Å². The van der Waals surface area contributed by atoms with Crippen molar-refractivity contribution in [3.05, 3.63) is 0 Å². The van der Waals surface area contributed by atoms with Crippen molar-refractivity contribution in [3.8, 4) is 0 Å². The molecule has 0 aliphatic rings. The molecule has 0 bridgehead atoms. The molecule has 2 unspecified atom stereocenters. The second-order valence-corrected chi connectivity index (χ2v) is 5.61. The van der Waals surface area contributed by atoms with Crippen LogP contribution in [0.4, 0.5) is 4.79 Å². The molecule has 0 saturated carbocycles. The predicted octanol–water partition coefficient (Wildman–Crippen LogP) is 3.29. The third-order valence-corrected chi connectivity index (χ3v) is 3.49. The Morgan fingerprint density at radius 1 is 1.10 bits per heavy atom. The summed E-state index contributed by atoms with van der Waals surface area (Å²) >= 11 is 0. The fraction of sp³-hybridized carbons (Fsp3) is 0.867. The zero-order valence-corrected chi connectivity index (χ0v) is 13.3. The molecule has 0 aliphatic heterocycles. The van der Waals surface area contributed by atoms with E-state index in [0.717, 1.165) is 32.1 Å². The largest absolute Gasteiger partial charge is 0.480 e. The van der Waals surface area contributed by atoms with E-state index in [1.54, 1.807) is 6.92 Å². The van der Waals surface area contributed by atoms with Crippen LogP contribution in [0.3, 0.4) is 0 Å². The van der Waals surface area contributed by atoms with Crippen LogP contribution >= 0.6 is 0 Å². The second-order valence-electron chi connectivity index (χ2n) is 5.61. The minimum absolute atomic E-state index is 0.125. The Morgan fingerprint density at radius 3 is 2.20 bits per heavy atom. The van der Waals surface area contributed by atoms with Gasteiger partial charge in [-0.1, -0.05) is 46.5 Å². The number of unbranched alkanes of at least 4 members (excludes halogenated alkanes) is 1. The normalized spacial score (nSPS) is 15.2. The fourth-order valence-corrected chi connectivity index (χ4v) is 2.28. The lowest BCUT2D eigenvalue weighted by atomic mass is 9.96. The molecule has 0 aromatic carbocycles. The van der Waals surface area contributed by atoms with Crippen LogP contribution < -0.4 is 10.6 Å². The number of carboxylic acids is 1. The summed E-state index contributed by atoms with van der Waals surface area (Å²) < 4.78 is 0. The van der Waals surface area contributed by atoms with E-state index in [0.29, 0.717) is 12.8 Å². The van der Waals surface area contributed by atoms with Crippen LogP contribution in [0, 0.1) is 0 Å². The van der Waals surface area contributed by atoms with Crippen LogP contribution in [0.15, 0.2) is 0 Å². The molecule has 118 valence electrons. The first-order chi connectivity index (χ1) is 9.39. The lowest BCUT2D eigenvalue weighted by Gasteiger charge is -2.27. The third-order valence-electron chi connectivity index (χ3n) is 3.49. The van der Waals surface area contributed by atoms with E-state index < -0.39 is 11.5 Å². The van der Waals surface area contributed by atoms with Gasteiger partial charge in [-0.3, -0.25) is 0 Å². The first-order valence-corrected chi connectivity index (χ1v) is 7.71. The number of hydrogen-bond acceptors (Lipinski definition) is 2. The molecule has 5 nitrogen and oxygen atoms in total. The van der Waals surface area contributed by atoms with Crippen molar-refractivity contribution in [3.63, 3.8) is 0 Å². The van der Waals surface area contributed by atoms with Crippen LogP contribution in [0.25, 0.3) is 0 Å². The van der Waals surface area contributed by atoms with Gasteiger partial charge in [-0.25, -0.2) is 9.59 Å². The highest BCUT2D eigenvalue weighted by Crippen LogP contribution is 2.13. The second kappa shape index (κ2) is 9.61. The smallest absolute Gasteiger partial charge is 0.329 e. The Kier molecular flexibility index (Phi) is 9.01. The Hall–Kier alpha value is -1.26. The van der Waals surface area contributed by atoms with Crippen LogP contribution in [0.2, 0.25) is 0 Å². The lowest BCUT2D eigenvalue weighted by Crippen LogP contribution is -2.56. The van der Waals surface area contributed by atoms with Crippen molar-refractivity contribution in [2.75, 3.05) is 0 Å². The highest BCUT2D eigenvalue weighted by atomic mass is 16.4. The van der Waals surface area contributed by atoms with Crippen molar-refractivity contribution in [1.82, 2.24) is 10.6 Å². The molecule has 0 aliphatic carbocycles. The maximum Gasteiger partial charge on any atom is 0.329 e. The molecule has 0 fully saturated rings. The molecule has 2 atom stereocenters. The summed E-state index contributed by atoms with van der Waals surface area (Å²) in [6.07, 6.45) is 6.14. The summed E-state index contributed by atoms with van der Waals surface area (Å²) in [5.74, 6) is -0.991. The van der Waals surface area contributed by atoms with Crippen molar-refractivity contribution in [2.45, 2.75) is 84.2 Å². The number of carboxylic acid groups (broad SMARTS) is 1. The number of hydrogen-bond donors (Lipinski definition) is 3. The molecule has 0 aromatic rings. The van der Waals surface area contributed by atoms with Crippen molar-refractivity contribution in [1.29, 1.82) is 0 Å². The Balaban J connectivity index is 4.51. The van der Waals surface area contributed by atoms with E-state index in [4.69, 9.17) is 0 Å². The molecule has 0 saturated heterocycles. The number of urea groups is 1. The van der Waals surface area contributed by atoms with E-state index in [-0.39, 0.29) is 12.1 Å². The van der Waals surface area contributed by atoms with Gasteiger partial charge in [0.05, 0.1) is 0 Å². The lowest BCUT2D eigenvalue weighted by molar-refractivity contribution is -0.144. The zero-order chi connectivity index (χ0) is 15.6. The van der Waals surface area contributed by atoms with Crippen molar-refractivity contribution < 1.29 is 14.7 Å². The predicted molar refractivity (Wildman–Crippen MR) is 80.8 cm³/mol. The Bertz CT molecular complexity index is 307. The van der Waals surface area contributed by atoms with Gasteiger partial charge in [0.15, 0.2) is 0 Å². The maximum atomic E-state index is 12.0. The van der Waals surface area contributed by atoms with Gasteiger partial charge in [0.25, 0.3) is 0 Å². The molecule has 0 heterocycles. The van der Waals surface area contributed by atoms with Crippen LogP contribution in [0.5, 0.6) is 0 Å². The Morgan fingerprint density at radius 2 is 1.75 bits per heavy atom. The van der Waals surface area contributed by atoms with E-state index in [9.17, 15) is 14.7 Å². The minimum atomic E-state index is -1.19. The maximum absolute atomic E-state index is 12.0. The van der Waals surface area contributed by atoms with E-state index in [1.807, 2.05) is 6.92 Å². The van der Waals surface area contributed by atoms with Crippen LogP contribution in [-0.2, 0) is 4.79 Å². The topological polar surface area (TPSA) is 78.4 Å². The average Bonchev–Trinajstić information content (AvgIpc) is 2.36. The molecule has 0 radical (unpaired) electrons. The van der Waals surface area contributed by atoms with E-state index in [2.05, 4.69) is 24.5 Å². The number of carbonyl (C=O) groups is 2. The molecule has 20 heavy (non-hydrogen) atoms. The summed E-state index contributed by atoms with van der Waals surface area (Å²) in [5, 5.41) is 14.8. The number of nitrogens with one attached hydrogen (secondary N) is 2. The quantitative estimate of drug-likeness (QED) is 0.576. The van der Waals surface area contributed by atoms with Gasteiger partial charge >= 0.3 is 12.0 Å². The number of amides is 2. The molecule has 5 heteroatoms. The van der Waals surface area contributed by atoms with Crippen molar-refractivity contribution >= 4 is 12.0 Å². The molecule has 0 aromatic heterocycles. The van der Waals surface area contributed by atoms with Gasteiger partial charge < -0.3 is 15.7 Å². The van der Waals surface area contributed by atoms with Gasteiger partial charge in [-0.15, -0.1) is 0 Å². The van der Waals surface area contributed by atoms with Crippen LogP contribution in [0.1, 0.15) is 72.6 Å². The van der Waals surface area contributed by atoms with E-state index in [1.165, 1.54) is 0 Å². The summed E-state index contributed by atoms with van der Waals surface area (Å²) in [6.45, 7) is 7.66. The van der Waals surface area contributed by atoms with Crippen LogP contribution in [-0.4, -0.2) is 28.7 Å². The zero-order valence-electron chi connectivity index (χ0n) is 13.3. The first-order valence-electron chi connectivity index (χ1n) is 7.71. The molecular formula is C15H30N2O3. The Labute approximate surface area is 122 Å². The monoisotopic (exact) mass is 286 g/mol. The standard InChI is InChI=1S/C15H30N2O3/c1-5-8-10-12(9-6-2)16-14(20)17-15(4,11-7-3)13(18)19/h12H,5-11H2,1-4H3,(H,18,19)(H2,16,17,20). The van der Waals surface area contributed by atoms with Gasteiger partial charge in [0.2, 0.25) is 0 Å². The number of rotatable bonds is 10. The summed E-state index contributed by atoms with van der Waals surface area (Å²) in [5.41, 5.74) is -1.19. The summed E-state index contributed by atoms with van der Waals surface area (Å²) in [6, 6.07) is -0.252.